The van der Waals surface area contributed by atoms with Crippen LogP contribution in [0.15, 0.2) is 29.4 Å². The van der Waals surface area contributed by atoms with Crippen molar-refractivity contribution in [3.8, 4) is 0 Å². The summed E-state index contributed by atoms with van der Waals surface area (Å²) in [6.45, 7) is 1.14. The van der Waals surface area contributed by atoms with E-state index in [-0.39, 0.29) is 17.7 Å². The van der Waals surface area contributed by atoms with Gasteiger partial charge in [0.15, 0.2) is 5.16 Å². The minimum atomic E-state index is -0.317. The third-order valence-corrected chi connectivity index (χ3v) is 4.73. The van der Waals surface area contributed by atoms with Crippen LogP contribution in [0.1, 0.15) is 12.8 Å². The number of imidazole rings is 1. The first kappa shape index (κ1) is 14.9. The molecule has 2 aromatic rings. The lowest BCUT2D eigenvalue weighted by Gasteiger charge is -2.31. The van der Waals surface area contributed by atoms with E-state index < -0.39 is 0 Å². The van der Waals surface area contributed by atoms with Crippen molar-refractivity contribution in [3.05, 3.63) is 24.3 Å². The molecule has 22 heavy (non-hydrogen) atoms. The number of amides is 2. The Labute approximate surface area is 132 Å². The number of thioether (sulfide) groups is 1. The minimum absolute atomic E-state index is 0.0245. The van der Waals surface area contributed by atoms with E-state index in [0.29, 0.717) is 18.8 Å². The second kappa shape index (κ2) is 6.39. The van der Waals surface area contributed by atoms with Crippen LogP contribution in [0.4, 0.5) is 0 Å². The number of hydrogen-bond donors (Lipinski definition) is 2. The van der Waals surface area contributed by atoms with Gasteiger partial charge in [0.2, 0.25) is 11.8 Å². The van der Waals surface area contributed by atoms with Crippen LogP contribution in [0.5, 0.6) is 0 Å². The molecular weight excluding hydrogens is 300 g/mol. The fourth-order valence-corrected chi connectivity index (χ4v) is 3.44. The highest BCUT2D eigenvalue weighted by atomic mass is 32.2. The van der Waals surface area contributed by atoms with E-state index in [2.05, 4.69) is 9.97 Å². The number of hydrogen-bond acceptors (Lipinski definition) is 4. The SMILES string of the molecule is NC(=O)[C@H]1CCCN(C(=O)CSc2nc3ccccc3[nH]2)C1. The Hall–Kier alpha value is -2.02. The third-order valence-electron chi connectivity index (χ3n) is 3.88. The fraction of sp³-hybridized carbons (Fsp3) is 0.400. The molecule has 1 aromatic heterocycles. The Morgan fingerprint density at radius 1 is 1.41 bits per heavy atom. The van der Waals surface area contributed by atoms with Gasteiger partial charge in [0.1, 0.15) is 0 Å². The largest absolute Gasteiger partial charge is 0.369 e. The van der Waals surface area contributed by atoms with Gasteiger partial charge in [-0.3, -0.25) is 9.59 Å². The quantitative estimate of drug-likeness (QED) is 0.833. The second-order valence-electron chi connectivity index (χ2n) is 5.43. The summed E-state index contributed by atoms with van der Waals surface area (Å²) in [7, 11) is 0. The van der Waals surface area contributed by atoms with Crippen LogP contribution in [0, 0.1) is 5.92 Å². The van der Waals surface area contributed by atoms with E-state index in [1.54, 1.807) is 4.90 Å². The van der Waals surface area contributed by atoms with Crippen molar-refractivity contribution in [2.24, 2.45) is 11.7 Å². The monoisotopic (exact) mass is 318 g/mol. The lowest BCUT2D eigenvalue weighted by molar-refractivity contribution is -0.132. The van der Waals surface area contributed by atoms with Gasteiger partial charge in [-0.05, 0) is 25.0 Å². The number of likely N-dealkylation sites (tertiary alicyclic amines) is 1. The molecule has 1 aliphatic rings. The van der Waals surface area contributed by atoms with Crippen molar-refractivity contribution < 1.29 is 9.59 Å². The highest BCUT2D eigenvalue weighted by molar-refractivity contribution is 7.99. The van der Waals surface area contributed by atoms with E-state index in [4.69, 9.17) is 5.73 Å². The molecule has 1 atom stereocenters. The van der Waals surface area contributed by atoms with Crippen LogP contribution in [-0.4, -0.2) is 45.5 Å². The maximum Gasteiger partial charge on any atom is 0.233 e. The summed E-state index contributed by atoms with van der Waals surface area (Å²) in [6, 6.07) is 7.76. The number of fused-ring (bicyclic) bond motifs is 1. The van der Waals surface area contributed by atoms with Crippen molar-refractivity contribution >= 4 is 34.6 Å². The van der Waals surface area contributed by atoms with Gasteiger partial charge in [0, 0.05) is 13.1 Å². The zero-order valence-corrected chi connectivity index (χ0v) is 12.9. The van der Waals surface area contributed by atoms with Crippen molar-refractivity contribution in [2.45, 2.75) is 18.0 Å². The van der Waals surface area contributed by atoms with Crippen molar-refractivity contribution in [1.82, 2.24) is 14.9 Å². The fourth-order valence-electron chi connectivity index (χ4n) is 2.66. The molecule has 0 aliphatic carbocycles. The van der Waals surface area contributed by atoms with Gasteiger partial charge in [0.25, 0.3) is 0 Å². The minimum Gasteiger partial charge on any atom is -0.369 e. The maximum atomic E-state index is 12.3. The number of nitrogens with one attached hydrogen (secondary N) is 1. The van der Waals surface area contributed by atoms with Gasteiger partial charge in [0.05, 0.1) is 22.7 Å². The molecule has 0 bridgehead atoms. The topological polar surface area (TPSA) is 92.1 Å². The molecule has 1 saturated heterocycles. The molecule has 0 spiro atoms. The van der Waals surface area contributed by atoms with E-state index in [1.807, 2.05) is 24.3 Å². The van der Waals surface area contributed by atoms with Crippen LogP contribution in [0.25, 0.3) is 11.0 Å². The van der Waals surface area contributed by atoms with E-state index in [0.717, 1.165) is 29.0 Å². The Morgan fingerprint density at radius 2 is 2.23 bits per heavy atom. The van der Waals surface area contributed by atoms with Gasteiger partial charge in [-0.15, -0.1) is 0 Å². The summed E-state index contributed by atoms with van der Waals surface area (Å²) in [5.41, 5.74) is 7.20. The molecule has 1 aliphatic heterocycles. The van der Waals surface area contributed by atoms with Crippen LogP contribution >= 0.6 is 11.8 Å². The molecule has 6 nitrogen and oxygen atoms in total. The Balaban J connectivity index is 1.58. The first-order valence-electron chi connectivity index (χ1n) is 7.28. The average molecular weight is 318 g/mol. The number of H-pyrrole nitrogens is 1. The van der Waals surface area contributed by atoms with Gasteiger partial charge in [-0.1, -0.05) is 23.9 Å². The van der Waals surface area contributed by atoms with Gasteiger partial charge in [-0.25, -0.2) is 4.98 Å². The van der Waals surface area contributed by atoms with E-state index >= 15 is 0 Å². The number of piperidine rings is 1. The van der Waals surface area contributed by atoms with Crippen molar-refractivity contribution in [1.29, 1.82) is 0 Å². The summed E-state index contributed by atoms with van der Waals surface area (Å²) in [5.74, 6) is -0.196. The zero-order valence-electron chi connectivity index (χ0n) is 12.1. The number of benzene rings is 1. The Kier molecular flexibility index (Phi) is 4.33. The highest BCUT2D eigenvalue weighted by Crippen LogP contribution is 2.21. The number of aromatic nitrogens is 2. The Bertz CT molecular complexity index is 667. The molecule has 3 rings (SSSR count). The lowest BCUT2D eigenvalue weighted by atomic mass is 9.97. The lowest BCUT2D eigenvalue weighted by Crippen LogP contribution is -2.44. The molecule has 3 N–H and O–H groups in total. The molecule has 0 saturated carbocycles. The maximum absolute atomic E-state index is 12.3. The van der Waals surface area contributed by atoms with Crippen molar-refractivity contribution in [3.63, 3.8) is 0 Å². The van der Waals surface area contributed by atoms with Gasteiger partial charge < -0.3 is 15.6 Å². The molecule has 1 fully saturated rings. The van der Waals surface area contributed by atoms with Crippen molar-refractivity contribution in [2.75, 3.05) is 18.8 Å². The number of carbonyl (C=O) groups is 2. The molecule has 1 aromatic carbocycles. The van der Waals surface area contributed by atoms with Crippen LogP contribution in [-0.2, 0) is 9.59 Å². The van der Waals surface area contributed by atoms with Crippen LogP contribution in [0.2, 0.25) is 0 Å². The number of primary amides is 1. The Morgan fingerprint density at radius 3 is 3.00 bits per heavy atom. The summed E-state index contributed by atoms with van der Waals surface area (Å²) < 4.78 is 0. The van der Waals surface area contributed by atoms with Gasteiger partial charge in [-0.2, -0.15) is 0 Å². The summed E-state index contributed by atoms with van der Waals surface area (Å²) in [5, 5.41) is 0.734. The smallest absolute Gasteiger partial charge is 0.233 e. The zero-order chi connectivity index (χ0) is 15.5. The summed E-state index contributed by atoms with van der Waals surface area (Å²) >= 11 is 1.38. The molecule has 2 heterocycles. The molecule has 0 radical (unpaired) electrons. The number of carbonyl (C=O) groups excluding carboxylic acids is 2. The number of para-hydroxylation sites is 2. The van der Waals surface area contributed by atoms with Gasteiger partial charge >= 0.3 is 0 Å². The number of aromatic amines is 1. The first-order valence-corrected chi connectivity index (χ1v) is 8.26. The van der Waals surface area contributed by atoms with E-state index in [1.165, 1.54) is 11.8 Å². The molecule has 0 unspecified atom stereocenters. The number of rotatable bonds is 4. The number of nitrogens with zero attached hydrogens (tertiary/aromatic N) is 2. The first-order chi connectivity index (χ1) is 10.6. The molecular formula is C15H18N4O2S. The second-order valence-corrected chi connectivity index (χ2v) is 6.39. The molecule has 116 valence electrons. The summed E-state index contributed by atoms with van der Waals surface area (Å²) in [4.78, 5) is 32.9. The summed E-state index contributed by atoms with van der Waals surface area (Å²) in [6.07, 6.45) is 1.60. The normalized spacial score (nSPS) is 18.5. The molecule has 2 amide bonds. The third kappa shape index (κ3) is 3.24. The van der Waals surface area contributed by atoms with Crippen LogP contribution < -0.4 is 5.73 Å². The highest BCUT2D eigenvalue weighted by Gasteiger charge is 2.26. The predicted molar refractivity (Wildman–Crippen MR) is 85.3 cm³/mol. The standard InChI is InChI=1S/C15H18N4O2S/c16-14(21)10-4-3-7-19(8-10)13(20)9-22-15-17-11-5-1-2-6-12(11)18-15/h1-2,5-6,10H,3-4,7-9H2,(H2,16,21)(H,17,18)/t10-/m0/s1. The number of nitrogens with two attached hydrogens (primary N) is 1. The predicted octanol–water partition coefficient (Wildman–Crippen LogP) is 1.38. The average Bonchev–Trinajstić information content (AvgIpc) is 2.95. The van der Waals surface area contributed by atoms with E-state index in [9.17, 15) is 9.59 Å². The molecule has 7 heteroatoms. The van der Waals surface area contributed by atoms with Crippen LogP contribution in [0.3, 0.4) is 0 Å².